The number of carbonyl (C=O) groups excluding carboxylic acids is 3. The minimum absolute atomic E-state index is 0.213. The third-order valence-electron chi connectivity index (χ3n) is 10.3. The number of rotatable bonds is 11. The number of imide groups is 1. The van der Waals surface area contributed by atoms with Gasteiger partial charge in [-0.2, -0.15) is 0 Å². The first-order valence-corrected chi connectivity index (χ1v) is 16.1. The van der Waals surface area contributed by atoms with Gasteiger partial charge < -0.3 is 9.80 Å². The summed E-state index contributed by atoms with van der Waals surface area (Å²) < 4.78 is 14.4. The molecule has 212 valence electrons. The molecule has 0 spiro atoms. The largest absolute Gasteiger partial charge is 0.322 e. The number of thioether (sulfide) groups is 1. The predicted octanol–water partition coefficient (Wildman–Crippen LogP) is 5.53. The SMILES string of the molecule is CN(CCCCCCCSc1cc(F)cc2c1CN(C1CCC(=O)NC1=O)C2=O)C12CC3CC(CC(C3)C1)C2. The van der Waals surface area contributed by atoms with Gasteiger partial charge in [-0.15, -0.1) is 11.8 Å². The second-order valence-electron chi connectivity index (χ2n) is 13.0. The van der Waals surface area contributed by atoms with Crippen molar-refractivity contribution in [2.75, 3.05) is 19.3 Å². The normalized spacial score (nSPS) is 31.4. The fraction of sp³-hybridized carbons (Fsp3) is 0.710. The Morgan fingerprint density at radius 2 is 1.67 bits per heavy atom. The Kier molecular flexibility index (Phi) is 7.79. The van der Waals surface area contributed by atoms with E-state index in [4.69, 9.17) is 0 Å². The van der Waals surface area contributed by atoms with Gasteiger partial charge in [-0.1, -0.05) is 19.3 Å². The molecule has 7 rings (SSSR count). The van der Waals surface area contributed by atoms with E-state index in [1.54, 1.807) is 11.8 Å². The molecule has 6 aliphatic rings. The first kappa shape index (κ1) is 27.3. The summed E-state index contributed by atoms with van der Waals surface area (Å²) in [6, 6.07) is 2.13. The molecule has 4 aliphatic carbocycles. The van der Waals surface area contributed by atoms with Crippen molar-refractivity contribution in [2.24, 2.45) is 17.8 Å². The van der Waals surface area contributed by atoms with Crippen LogP contribution in [-0.2, 0) is 16.1 Å². The van der Waals surface area contributed by atoms with E-state index in [9.17, 15) is 18.8 Å². The van der Waals surface area contributed by atoms with E-state index < -0.39 is 17.8 Å². The number of hydrogen-bond donors (Lipinski definition) is 1. The summed E-state index contributed by atoms with van der Waals surface area (Å²) in [4.78, 5) is 41.9. The Labute approximate surface area is 235 Å². The van der Waals surface area contributed by atoms with Crippen molar-refractivity contribution in [3.8, 4) is 0 Å². The van der Waals surface area contributed by atoms with Gasteiger partial charge in [0.2, 0.25) is 11.8 Å². The highest BCUT2D eigenvalue weighted by Gasteiger charge is 2.52. The molecule has 8 heteroatoms. The summed E-state index contributed by atoms with van der Waals surface area (Å²) in [6.45, 7) is 1.51. The van der Waals surface area contributed by atoms with Crippen LogP contribution in [0.15, 0.2) is 17.0 Å². The second-order valence-corrected chi connectivity index (χ2v) is 14.1. The number of halogens is 1. The Hall–Kier alpha value is -1.93. The molecule has 1 aromatic rings. The molecule has 3 amide bonds. The van der Waals surface area contributed by atoms with E-state index in [1.807, 2.05) is 0 Å². The van der Waals surface area contributed by atoms with E-state index in [1.165, 1.54) is 81.4 Å². The molecule has 1 unspecified atom stereocenters. The zero-order chi connectivity index (χ0) is 27.1. The molecule has 4 bridgehead atoms. The smallest absolute Gasteiger partial charge is 0.255 e. The van der Waals surface area contributed by atoms with Gasteiger partial charge >= 0.3 is 0 Å². The highest BCUT2D eigenvalue weighted by atomic mass is 32.2. The van der Waals surface area contributed by atoms with Gasteiger partial charge in [0, 0.05) is 29.0 Å². The van der Waals surface area contributed by atoms with Crippen molar-refractivity contribution in [3.05, 3.63) is 29.1 Å². The van der Waals surface area contributed by atoms with Crippen LogP contribution in [0.1, 0.15) is 99.4 Å². The van der Waals surface area contributed by atoms with Crippen molar-refractivity contribution in [3.63, 3.8) is 0 Å². The average molecular weight is 556 g/mol. The van der Waals surface area contributed by atoms with Crippen molar-refractivity contribution in [1.82, 2.24) is 15.1 Å². The number of unbranched alkanes of at least 4 members (excludes halogenated alkanes) is 4. The van der Waals surface area contributed by atoms with Crippen LogP contribution in [-0.4, -0.2) is 58.4 Å². The van der Waals surface area contributed by atoms with Gasteiger partial charge in [0.05, 0.1) is 0 Å². The van der Waals surface area contributed by atoms with Crippen LogP contribution in [0, 0.1) is 23.6 Å². The standard InChI is InChI=1S/C31H42FN3O3S/c1-34(31-16-20-11-21(17-31)13-22(12-20)18-31)9-5-3-2-4-6-10-39-27-15-23(32)14-24-25(27)19-35(30(24)38)26-7-8-28(36)33-29(26)37/h14-15,20-22,26H,2-13,16-19H2,1H3,(H,33,36,37). The van der Waals surface area contributed by atoms with Crippen molar-refractivity contribution in [2.45, 2.75) is 106 Å². The van der Waals surface area contributed by atoms with Crippen molar-refractivity contribution >= 4 is 29.5 Å². The van der Waals surface area contributed by atoms with Crippen LogP contribution in [0.3, 0.4) is 0 Å². The summed E-state index contributed by atoms with van der Waals surface area (Å²) in [5.41, 5.74) is 1.67. The monoisotopic (exact) mass is 555 g/mol. The van der Waals surface area contributed by atoms with E-state index in [0.717, 1.165) is 46.8 Å². The Morgan fingerprint density at radius 3 is 2.36 bits per heavy atom. The van der Waals surface area contributed by atoms with Crippen LogP contribution in [0.5, 0.6) is 0 Å². The number of hydrogen-bond acceptors (Lipinski definition) is 5. The Morgan fingerprint density at radius 1 is 1.00 bits per heavy atom. The third-order valence-corrected chi connectivity index (χ3v) is 11.5. The van der Waals surface area contributed by atoms with E-state index in [2.05, 4.69) is 17.3 Å². The van der Waals surface area contributed by atoms with Gasteiger partial charge in [-0.25, -0.2) is 4.39 Å². The minimum Gasteiger partial charge on any atom is -0.322 e. The summed E-state index contributed by atoms with van der Waals surface area (Å²) in [6.07, 6.45) is 15.3. The van der Waals surface area contributed by atoms with Crippen LogP contribution in [0.2, 0.25) is 0 Å². The fourth-order valence-electron chi connectivity index (χ4n) is 8.66. The van der Waals surface area contributed by atoms with E-state index in [0.29, 0.717) is 24.1 Å². The number of carbonyl (C=O) groups is 3. The second kappa shape index (κ2) is 11.2. The average Bonchev–Trinajstić information content (AvgIpc) is 3.20. The highest BCUT2D eigenvalue weighted by Crippen LogP contribution is 2.57. The molecule has 1 saturated heterocycles. The molecule has 2 aliphatic heterocycles. The van der Waals surface area contributed by atoms with Crippen LogP contribution in [0.25, 0.3) is 0 Å². The molecule has 6 nitrogen and oxygen atoms in total. The first-order valence-electron chi connectivity index (χ1n) is 15.1. The number of nitrogens with zero attached hydrogens (tertiary/aromatic N) is 2. The molecular weight excluding hydrogens is 513 g/mol. The molecule has 39 heavy (non-hydrogen) atoms. The van der Waals surface area contributed by atoms with Gasteiger partial charge in [0.25, 0.3) is 5.91 Å². The Balaban J connectivity index is 0.931. The zero-order valence-electron chi connectivity index (χ0n) is 23.2. The summed E-state index contributed by atoms with van der Waals surface area (Å²) in [7, 11) is 2.38. The summed E-state index contributed by atoms with van der Waals surface area (Å²) in [5.74, 6) is 2.38. The fourth-order valence-corrected chi connectivity index (χ4v) is 9.77. The molecule has 1 atom stereocenters. The number of piperidine rings is 1. The first-order chi connectivity index (χ1) is 18.8. The minimum atomic E-state index is -0.675. The Bertz CT molecular complexity index is 1110. The lowest BCUT2D eigenvalue weighted by Crippen LogP contribution is -2.58. The molecule has 2 heterocycles. The van der Waals surface area contributed by atoms with Gasteiger partial charge in [0.15, 0.2) is 0 Å². The van der Waals surface area contributed by atoms with Crippen molar-refractivity contribution < 1.29 is 18.8 Å². The van der Waals surface area contributed by atoms with Crippen LogP contribution >= 0.6 is 11.8 Å². The quantitative estimate of drug-likeness (QED) is 0.221. The third kappa shape index (κ3) is 5.52. The van der Waals surface area contributed by atoms with Gasteiger partial charge in [0.1, 0.15) is 11.9 Å². The lowest BCUT2D eigenvalue weighted by atomic mass is 9.52. The number of amides is 3. The van der Waals surface area contributed by atoms with Crippen LogP contribution < -0.4 is 5.32 Å². The highest BCUT2D eigenvalue weighted by molar-refractivity contribution is 7.99. The van der Waals surface area contributed by atoms with Crippen LogP contribution in [0.4, 0.5) is 4.39 Å². The lowest BCUT2D eigenvalue weighted by molar-refractivity contribution is -0.136. The number of nitrogens with one attached hydrogen (secondary N) is 1. The molecule has 5 fully saturated rings. The molecular formula is C31H42FN3O3S. The maximum atomic E-state index is 14.4. The van der Waals surface area contributed by atoms with E-state index >= 15 is 0 Å². The molecule has 4 saturated carbocycles. The topological polar surface area (TPSA) is 69.7 Å². The lowest BCUT2D eigenvalue weighted by Gasteiger charge is -2.60. The van der Waals surface area contributed by atoms with Crippen molar-refractivity contribution in [1.29, 1.82) is 0 Å². The molecule has 0 aromatic heterocycles. The molecule has 1 N–H and O–H groups in total. The van der Waals surface area contributed by atoms with Gasteiger partial charge in [-0.05, 0) is 113 Å². The number of fused-ring (bicyclic) bond motifs is 1. The van der Waals surface area contributed by atoms with E-state index in [-0.39, 0.29) is 18.2 Å². The summed E-state index contributed by atoms with van der Waals surface area (Å²) >= 11 is 1.61. The number of benzene rings is 1. The zero-order valence-corrected chi connectivity index (χ0v) is 24.0. The maximum Gasteiger partial charge on any atom is 0.255 e. The molecule has 1 aromatic carbocycles. The molecule has 0 radical (unpaired) electrons. The maximum absolute atomic E-state index is 14.4. The van der Waals surface area contributed by atoms with Gasteiger partial charge in [-0.3, -0.25) is 19.7 Å². The predicted molar refractivity (Wildman–Crippen MR) is 150 cm³/mol. The summed E-state index contributed by atoms with van der Waals surface area (Å²) in [5, 5.41) is 2.32.